The van der Waals surface area contributed by atoms with Gasteiger partial charge in [0, 0.05) is 22.2 Å². The van der Waals surface area contributed by atoms with Gasteiger partial charge in [-0.25, -0.2) is 9.59 Å². The summed E-state index contributed by atoms with van der Waals surface area (Å²) in [5.41, 5.74) is 1.49. The van der Waals surface area contributed by atoms with Gasteiger partial charge in [0.2, 0.25) is 0 Å². The van der Waals surface area contributed by atoms with Gasteiger partial charge in [-0.1, -0.05) is 53.5 Å². The number of aliphatic carboxylic acids is 2. The summed E-state index contributed by atoms with van der Waals surface area (Å²) in [5.74, 6) is -1.94. The van der Waals surface area contributed by atoms with Crippen LogP contribution in [0.1, 0.15) is 11.1 Å². The number of benzene rings is 2. The van der Waals surface area contributed by atoms with Crippen LogP contribution in [0.4, 0.5) is 0 Å². The zero-order valence-electron chi connectivity index (χ0n) is 12.4. The van der Waals surface area contributed by atoms with Crippen LogP contribution in [0.2, 0.25) is 10.0 Å². The number of hydrogen-bond acceptors (Lipinski definition) is 2. The monoisotopic (exact) mass is 364 g/mol. The SMILES string of the molecule is O=C(O)C=Cc1cccc(Cl)c1.O=C(O)C=Cc1ccccc1Cl. The number of carbonyl (C=O) groups is 2. The van der Waals surface area contributed by atoms with Gasteiger partial charge in [-0.3, -0.25) is 0 Å². The molecule has 2 aromatic rings. The largest absolute Gasteiger partial charge is 0.478 e. The normalized spacial score (nSPS) is 10.4. The fraction of sp³-hybridized carbons (Fsp3) is 0. The highest BCUT2D eigenvalue weighted by Gasteiger charge is 1.94. The molecule has 6 heteroatoms. The number of hydrogen-bond donors (Lipinski definition) is 2. The van der Waals surface area contributed by atoms with Gasteiger partial charge >= 0.3 is 11.9 Å². The molecule has 0 aliphatic heterocycles. The molecule has 24 heavy (non-hydrogen) atoms. The first kappa shape index (κ1) is 19.5. The molecular weight excluding hydrogens is 351 g/mol. The Kier molecular flexibility index (Phi) is 8.33. The zero-order chi connectivity index (χ0) is 17.9. The van der Waals surface area contributed by atoms with Crippen molar-refractivity contribution in [1.29, 1.82) is 0 Å². The summed E-state index contributed by atoms with van der Waals surface area (Å²) in [6.45, 7) is 0. The van der Waals surface area contributed by atoms with Crippen LogP contribution in [-0.2, 0) is 9.59 Å². The van der Waals surface area contributed by atoms with E-state index < -0.39 is 11.9 Å². The van der Waals surface area contributed by atoms with Gasteiger partial charge in [-0.15, -0.1) is 0 Å². The van der Waals surface area contributed by atoms with Crippen molar-refractivity contribution in [2.45, 2.75) is 0 Å². The predicted molar refractivity (Wildman–Crippen MR) is 96.2 cm³/mol. The first-order chi connectivity index (χ1) is 11.4. The fourth-order valence-corrected chi connectivity index (χ4v) is 1.95. The van der Waals surface area contributed by atoms with Crippen LogP contribution < -0.4 is 0 Å². The Balaban J connectivity index is 0.000000240. The highest BCUT2D eigenvalue weighted by Crippen LogP contribution is 2.15. The number of carboxylic acid groups (broad SMARTS) is 2. The van der Waals surface area contributed by atoms with Crippen molar-refractivity contribution in [2.24, 2.45) is 0 Å². The molecule has 0 amide bonds. The minimum atomic E-state index is -0.977. The van der Waals surface area contributed by atoms with Crippen LogP contribution in [-0.4, -0.2) is 22.2 Å². The third-order valence-electron chi connectivity index (χ3n) is 2.58. The van der Waals surface area contributed by atoms with Gasteiger partial charge in [0.1, 0.15) is 0 Å². The van der Waals surface area contributed by atoms with E-state index >= 15 is 0 Å². The molecule has 2 rings (SSSR count). The van der Waals surface area contributed by atoms with Crippen LogP contribution in [0.25, 0.3) is 12.2 Å². The van der Waals surface area contributed by atoms with E-state index in [-0.39, 0.29) is 0 Å². The lowest BCUT2D eigenvalue weighted by molar-refractivity contribution is -0.132. The van der Waals surface area contributed by atoms with E-state index in [1.54, 1.807) is 48.5 Å². The van der Waals surface area contributed by atoms with Crippen molar-refractivity contribution < 1.29 is 19.8 Å². The topological polar surface area (TPSA) is 74.6 Å². The standard InChI is InChI=1S/2C9H7ClO2/c10-8-3-1-2-7(6-8)4-5-9(11)12;10-8-4-2-1-3-7(8)5-6-9(11)12/h2*1-6H,(H,11,12). The van der Waals surface area contributed by atoms with Crippen molar-refractivity contribution in [2.75, 3.05) is 0 Å². The second kappa shape index (κ2) is 10.3. The molecule has 0 aliphatic rings. The minimum Gasteiger partial charge on any atom is -0.478 e. The average molecular weight is 365 g/mol. The van der Waals surface area contributed by atoms with Crippen molar-refractivity contribution in [3.63, 3.8) is 0 Å². The van der Waals surface area contributed by atoms with Crippen molar-refractivity contribution >= 4 is 47.3 Å². The van der Waals surface area contributed by atoms with Gasteiger partial charge in [0.15, 0.2) is 0 Å². The Hall–Kier alpha value is -2.56. The third-order valence-corrected chi connectivity index (χ3v) is 3.16. The smallest absolute Gasteiger partial charge is 0.328 e. The molecule has 0 aromatic heterocycles. The molecule has 124 valence electrons. The first-order valence-electron chi connectivity index (χ1n) is 6.70. The van der Waals surface area contributed by atoms with E-state index in [2.05, 4.69) is 0 Å². The molecule has 0 aliphatic carbocycles. The van der Waals surface area contributed by atoms with Gasteiger partial charge in [-0.2, -0.15) is 0 Å². The zero-order valence-corrected chi connectivity index (χ0v) is 13.9. The number of carboxylic acids is 2. The van der Waals surface area contributed by atoms with Crippen LogP contribution in [0, 0.1) is 0 Å². The van der Waals surface area contributed by atoms with Gasteiger partial charge in [0.25, 0.3) is 0 Å². The molecule has 0 fully saturated rings. The summed E-state index contributed by atoms with van der Waals surface area (Å²) in [5, 5.41) is 17.8. The summed E-state index contributed by atoms with van der Waals surface area (Å²) in [4.78, 5) is 20.3. The molecular formula is C18H14Cl2O4. The van der Waals surface area contributed by atoms with Crippen LogP contribution in [0.5, 0.6) is 0 Å². The molecule has 0 saturated carbocycles. The summed E-state index contributed by atoms with van der Waals surface area (Å²) in [7, 11) is 0. The molecule has 0 saturated heterocycles. The first-order valence-corrected chi connectivity index (χ1v) is 7.46. The molecule has 0 radical (unpaired) electrons. The lowest BCUT2D eigenvalue weighted by Crippen LogP contribution is -1.85. The highest BCUT2D eigenvalue weighted by molar-refractivity contribution is 6.32. The maximum absolute atomic E-state index is 10.2. The Bertz CT molecular complexity index is 767. The number of rotatable bonds is 4. The molecule has 4 nitrogen and oxygen atoms in total. The van der Waals surface area contributed by atoms with Crippen molar-refractivity contribution in [3.8, 4) is 0 Å². The fourth-order valence-electron chi connectivity index (χ4n) is 1.55. The van der Waals surface area contributed by atoms with Crippen LogP contribution in [0.15, 0.2) is 60.7 Å². The predicted octanol–water partition coefficient (Wildman–Crippen LogP) is 4.88. The average Bonchev–Trinajstić information content (AvgIpc) is 2.53. The van der Waals surface area contributed by atoms with Gasteiger partial charge in [-0.05, 0) is 41.5 Å². The van der Waals surface area contributed by atoms with Gasteiger partial charge < -0.3 is 10.2 Å². The lowest BCUT2D eigenvalue weighted by atomic mass is 10.2. The maximum Gasteiger partial charge on any atom is 0.328 e. The maximum atomic E-state index is 10.2. The second-order valence-electron chi connectivity index (χ2n) is 4.42. The molecule has 0 bridgehead atoms. The van der Waals surface area contributed by atoms with Crippen LogP contribution in [0.3, 0.4) is 0 Å². The van der Waals surface area contributed by atoms with Crippen molar-refractivity contribution in [3.05, 3.63) is 81.9 Å². The minimum absolute atomic E-state index is 0.551. The highest BCUT2D eigenvalue weighted by atomic mass is 35.5. The van der Waals surface area contributed by atoms with E-state index in [9.17, 15) is 9.59 Å². The van der Waals surface area contributed by atoms with Crippen molar-refractivity contribution in [1.82, 2.24) is 0 Å². The Morgan fingerprint density at radius 2 is 1.46 bits per heavy atom. The third kappa shape index (κ3) is 8.17. The second-order valence-corrected chi connectivity index (χ2v) is 5.26. The van der Waals surface area contributed by atoms with E-state index in [4.69, 9.17) is 33.4 Å². The molecule has 0 heterocycles. The molecule has 2 aromatic carbocycles. The molecule has 2 N–H and O–H groups in total. The van der Waals surface area contributed by atoms with Crippen LogP contribution >= 0.6 is 23.2 Å². The summed E-state index contributed by atoms with van der Waals surface area (Å²) >= 11 is 11.4. The summed E-state index contributed by atoms with van der Waals surface area (Å²) < 4.78 is 0. The lowest BCUT2D eigenvalue weighted by Gasteiger charge is -1.94. The Morgan fingerprint density at radius 3 is 2.04 bits per heavy atom. The number of halogens is 2. The van der Waals surface area contributed by atoms with E-state index in [1.165, 1.54) is 12.2 Å². The Morgan fingerprint density at radius 1 is 0.833 bits per heavy atom. The summed E-state index contributed by atoms with van der Waals surface area (Å²) in [6.07, 6.45) is 5.09. The molecule has 0 spiro atoms. The molecule has 0 unspecified atom stereocenters. The van der Waals surface area contributed by atoms with E-state index in [0.717, 1.165) is 17.7 Å². The summed E-state index contributed by atoms with van der Waals surface area (Å²) in [6, 6.07) is 14.0. The quantitative estimate of drug-likeness (QED) is 0.758. The van der Waals surface area contributed by atoms with Gasteiger partial charge in [0.05, 0.1) is 0 Å². The van der Waals surface area contributed by atoms with E-state index in [1.807, 2.05) is 0 Å². The van der Waals surface area contributed by atoms with E-state index in [0.29, 0.717) is 15.6 Å². The molecule has 0 atom stereocenters. The Labute approximate surface area is 149 Å².